The van der Waals surface area contributed by atoms with E-state index in [0.29, 0.717) is 24.2 Å². The molecule has 4 aromatic rings. The lowest BCUT2D eigenvalue weighted by molar-refractivity contribution is 0.205. The van der Waals surface area contributed by atoms with Gasteiger partial charge >= 0.3 is 5.69 Å². The van der Waals surface area contributed by atoms with E-state index < -0.39 is 0 Å². The number of aromatic nitrogens is 7. The van der Waals surface area contributed by atoms with E-state index in [4.69, 9.17) is 0 Å². The molecule has 2 atom stereocenters. The van der Waals surface area contributed by atoms with Crippen LogP contribution in [0.25, 0.3) is 22.5 Å². The minimum Gasteiger partial charge on any atom is -0.295 e. The number of aryl methyl sites for hydroxylation is 1. The van der Waals surface area contributed by atoms with E-state index in [2.05, 4.69) is 75.3 Å². The Hall–Kier alpha value is -3.55. The third-order valence-electron chi connectivity index (χ3n) is 8.13. The summed E-state index contributed by atoms with van der Waals surface area (Å²) < 4.78 is 4.04. The Morgan fingerprint density at radius 3 is 2.50 bits per heavy atom. The van der Waals surface area contributed by atoms with Gasteiger partial charge in [0.05, 0.1) is 12.2 Å². The van der Waals surface area contributed by atoms with E-state index in [1.54, 1.807) is 0 Å². The third-order valence-corrected chi connectivity index (χ3v) is 8.13. The van der Waals surface area contributed by atoms with Gasteiger partial charge in [-0.1, -0.05) is 64.7 Å². The van der Waals surface area contributed by atoms with Gasteiger partial charge in [0.2, 0.25) is 0 Å². The van der Waals surface area contributed by atoms with E-state index in [0.717, 1.165) is 47.3 Å². The number of imidazole rings is 1. The van der Waals surface area contributed by atoms with Crippen LogP contribution in [0.1, 0.15) is 83.1 Å². The summed E-state index contributed by atoms with van der Waals surface area (Å²) in [6.45, 7) is 7.33. The Balaban J connectivity index is 1.47. The summed E-state index contributed by atoms with van der Waals surface area (Å²) >= 11 is 0. The summed E-state index contributed by atoms with van der Waals surface area (Å²) in [6.07, 6.45) is 13.3. The van der Waals surface area contributed by atoms with Gasteiger partial charge in [-0.15, -0.1) is 5.10 Å². The van der Waals surface area contributed by atoms with Crippen LogP contribution in [-0.4, -0.2) is 34.7 Å². The van der Waals surface area contributed by atoms with Gasteiger partial charge in [0.25, 0.3) is 0 Å². The third kappa shape index (κ3) is 5.64. The Labute approximate surface area is 224 Å². The molecule has 0 saturated heterocycles. The van der Waals surface area contributed by atoms with Gasteiger partial charge in [0.1, 0.15) is 0 Å². The molecule has 1 fully saturated rings. The molecule has 3 heterocycles. The van der Waals surface area contributed by atoms with Crippen molar-refractivity contribution in [2.45, 2.75) is 84.7 Å². The second-order valence-electron chi connectivity index (χ2n) is 10.9. The van der Waals surface area contributed by atoms with Gasteiger partial charge in [-0.05, 0) is 77.3 Å². The van der Waals surface area contributed by atoms with Gasteiger partial charge in [-0.25, -0.2) is 9.89 Å². The fourth-order valence-corrected chi connectivity index (χ4v) is 6.08. The largest absolute Gasteiger partial charge is 0.328 e. The zero-order chi connectivity index (χ0) is 26.5. The van der Waals surface area contributed by atoms with Crippen molar-refractivity contribution in [3.8, 4) is 22.5 Å². The Bertz CT molecular complexity index is 1380. The van der Waals surface area contributed by atoms with Crippen molar-refractivity contribution < 1.29 is 0 Å². The first-order chi connectivity index (χ1) is 18.5. The minimum absolute atomic E-state index is 0.104. The molecule has 1 aliphatic carbocycles. The Morgan fingerprint density at radius 2 is 1.76 bits per heavy atom. The molecular formula is C30H39N7O. The molecule has 200 valence electrons. The number of rotatable bonds is 8. The highest BCUT2D eigenvalue weighted by Crippen LogP contribution is 2.35. The molecule has 1 N–H and O–H groups in total. The minimum atomic E-state index is 0.104. The number of nitrogens with one attached hydrogen (secondary N) is 1. The van der Waals surface area contributed by atoms with Crippen molar-refractivity contribution in [2.75, 3.05) is 0 Å². The van der Waals surface area contributed by atoms with Crippen molar-refractivity contribution in [1.29, 1.82) is 0 Å². The van der Waals surface area contributed by atoms with Crippen LogP contribution in [0.2, 0.25) is 0 Å². The Morgan fingerprint density at radius 1 is 1.00 bits per heavy atom. The Kier molecular flexibility index (Phi) is 8.15. The summed E-state index contributed by atoms with van der Waals surface area (Å²) in [5.74, 6) is 1.62. The van der Waals surface area contributed by atoms with Crippen molar-refractivity contribution in [3.63, 3.8) is 0 Å². The number of benzene rings is 1. The molecule has 0 aliphatic heterocycles. The second-order valence-corrected chi connectivity index (χ2v) is 10.9. The molecule has 3 aromatic heterocycles. The van der Waals surface area contributed by atoms with Crippen LogP contribution < -0.4 is 5.69 Å². The SMILES string of the molecule is CCCCc1cn(C2C(C)CCCCCC2C)c(=O)n1Cc1cc(-c2cccc(-c3nnn[nH]3)c2)ccn1. The van der Waals surface area contributed by atoms with Crippen LogP contribution >= 0.6 is 0 Å². The van der Waals surface area contributed by atoms with Gasteiger partial charge < -0.3 is 0 Å². The van der Waals surface area contributed by atoms with Gasteiger partial charge in [-0.2, -0.15) is 0 Å². The van der Waals surface area contributed by atoms with Crippen LogP contribution in [-0.2, 0) is 13.0 Å². The summed E-state index contributed by atoms with van der Waals surface area (Å²) in [6, 6.07) is 12.5. The predicted molar refractivity (Wildman–Crippen MR) is 150 cm³/mol. The van der Waals surface area contributed by atoms with E-state index in [9.17, 15) is 4.79 Å². The van der Waals surface area contributed by atoms with Crippen molar-refractivity contribution in [1.82, 2.24) is 34.7 Å². The molecule has 8 heteroatoms. The molecule has 1 saturated carbocycles. The fraction of sp³-hybridized carbons (Fsp3) is 0.500. The quantitative estimate of drug-likeness (QED) is 0.309. The highest BCUT2D eigenvalue weighted by molar-refractivity contribution is 5.70. The number of hydrogen-bond donors (Lipinski definition) is 1. The van der Waals surface area contributed by atoms with Crippen molar-refractivity contribution in [3.05, 3.63) is 70.7 Å². The first-order valence-electron chi connectivity index (χ1n) is 14.1. The number of pyridine rings is 1. The summed E-state index contributed by atoms with van der Waals surface area (Å²) in [5, 5.41) is 14.2. The number of aromatic amines is 1. The molecule has 1 aliphatic rings. The zero-order valence-corrected chi connectivity index (χ0v) is 22.8. The summed E-state index contributed by atoms with van der Waals surface area (Å²) in [7, 11) is 0. The van der Waals surface area contributed by atoms with Crippen LogP contribution in [0.3, 0.4) is 0 Å². The van der Waals surface area contributed by atoms with Crippen LogP contribution in [0.5, 0.6) is 0 Å². The number of tetrazole rings is 1. The van der Waals surface area contributed by atoms with Crippen LogP contribution in [0.4, 0.5) is 0 Å². The molecule has 5 rings (SSSR count). The number of nitrogens with zero attached hydrogens (tertiary/aromatic N) is 6. The van der Waals surface area contributed by atoms with E-state index >= 15 is 0 Å². The monoisotopic (exact) mass is 513 g/mol. The molecule has 0 radical (unpaired) electrons. The molecular weight excluding hydrogens is 474 g/mol. The standard InChI is InChI=1S/C30H39N7O/c1-4-5-14-27-20-37(28-21(2)10-7-6-8-11-22(28)3)30(38)36(27)19-26-18-24(15-16-31-26)23-12-9-13-25(17-23)29-32-34-35-33-29/h9,12-13,15-18,20-22,28H,4-8,10-11,14,19H2,1-3H3,(H,32,33,34,35). The van der Waals surface area contributed by atoms with E-state index in [-0.39, 0.29) is 11.7 Å². The fourth-order valence-electron chi connectivity index (χ4n) is 6.08. The maximum absolute atomic E-state index is 14.0. The zero-order valence-electron chi connectivity index (χ0n) is 22.8. The summed E-state index contributed by atoms with van der Waals surface area (Å²) in [4.78, 5) is 18.6. The molecule has 1 aromatic carbocycles. The molecule has 0 bridgehead atoms. The smallest absolute Gasteiger partial charge is 0.295 e. The van der Waals surface area contributed by atoms with E-state index in [1.165, 1.54) is 32.1 Å². The number of hydrogen-bond acceptors (Lipinski definition) is 5. The second kappa shape index (κ2) is 11.9. The van der Waals surface area contributed by atoms with E-state index in [1.807, 2.05) is 29.0 Å². The average Bonchev–Trinajstić information content (AvgIpc) is 3.57. The maximum Gasteiger partial charge on any atom is 0.328 e. The molecule has 8 nitrogen and oxygen atoms in total. The topological polar surface area (TPSA) is 94.3 Å². The number of unbranched alkanes of at least 4 members (excludes halogenated alkanes) is 1. The highest BCUT2D eigenvalue weighted by atomic mass is 16.1. The van der Waals surface area contributed by atoms with Gasteiger partial charge in [-0.3, -0.25) is 14.1 Å². The lowest BCUT2D eigenvalue weighted by atomic mass is 9.81. The van der Waals surface area contributed by atoms with Gasteiger partial charge in [0.15, 0.2) is 5.82 Å². The summed E-state index contributed by atoms with van der Waals surface area (Å²) in [5.41, 5.74) is 5.12. The first kappa shape index (κ1) is 26.1. The van der Waals surface area contributed by atoms with Crippen LogP contribution in [0.15, 0.2) is 53.6 Å². The maximum atomic E-state index is 14.0. The van der Waals surface area contributed by atoms with Crippen molar-refractivity contribution >= 4 is 0 Å². The molecule has 0 spiro atoms. The van der Waals surface area contributed by atoms with Crippen LogP contribution in [0, 0.1) is 11.8 Å². The molecule has 0 amide bonds. The lowest BCUT2D eigenvalue weighted by Gasteiger charge is -2.32. The predicted octanol–water partition coefficient (Wildman–Crippen LogP) is 6.06. The first-order valence-corrected chi connectivity index (χ1v) is 14.1. The number of H-pyrrole nitrogens is 1. The average molecular weight is 514 g/mol. The normalized spacial score (nSPS) is 20.2. The lowest BCUT2D eigenvalue weighted by Crippen LogP contribution is -2.34. The van der Waals surface area contributed by atoms with Crippen molar-refractivity contribution in [2.24, 2.45) is 11.8 Å². The van der Waals surface area contributed by atoms with Gasteiger partial charge in [0, 0.05) is 29.7 Å². The highest BCUT2D eigenvalue weighted by Gasteiger charge is 2.29. The molecule has 2 unspecified atom stereocenters. The molecule has 38 heavy (non-hydrogen) atoms.